The first-order chi connectivity index (χ1) is 7.06. The van der Waals surface area contributed by atoms with Crippen molar-refractivity contribution in [3.8, 4) is 0 Å². The Morgan fingerprint density at radius 3 is 2.87 bits per heavy atom. The van der Waals surface area contributed by atoms with Gasteiger partial charge >= 0.3 is 0 Å². The van der Waals surface area contributed by atoms with Gasteiger partial charge in [0.2, 0.25) is 6.41 Å². The number of carbonyl (C=O) groups excluding carboxylic acids is 1. The van der Waals surface area contributed by atoms with Gasteiger partial charge in [-0.2, -0.15) is 0 Å². The van der Waals surface area contributed by atoms with Crippen LogP contribution >= 0.6 is 0 Å². The van der Waals surface area contributed by atoms with Crippen LogP contribution in [0.15, 0.2) is 18.2 Å². The molecule has 1 aromatic carbocycles. The molecule has 1 aliphatic rings. The third-order valence-corrected chi connectivity index (χ3v) is 3.36. The number of fused-ring (bicyclic) bond motifs is 1. The normalized spacial score (nSPS) is 22.2. The van der Waals surface area contributed by atoms with Crippen LogP contribution in [0.1, 0.15) is 44.2 Å². The molecule has 2 rings (SSSR count). The Balaban J connectivity index is 2.56. The summed E-state index contributed by atoms with van der Waals surface area (Å²) in [4.78, 5) is 10.5. The minimum absolute atomic E-state index is 0.231. The smallest absolute Gasteiger partial charge is 0.211 e. The highest BCUT2D eigenvalue weighted by atomic mass is 16.1. The third kappa shape index (κ3) is 1.54. The number of hydrogen-bond acceptors (Lipinski definition) is 1. The van der Waals surface area contributed by atoms with E-state index in [0.29, 0.717) is 5.92 Å². The van der Waals surface area contributed by atoms with E-state index in [4.69, 9.17) is 0 Å². The van der Waals surface area contributed by atoms with Gasteiger partial charge in [-0.25, -0.2) is 0 Å². The van der Waals surface area contributed by atoms with Crippen molar-refractivity contribution in [2.45, 2.75) is 38.5 Å². The monoisotopic (exact) mass is 203 g/mol. The van der Waals surface area contributed by atoms with Crippen molar-refractivity contribution in [1.82, 2.24) is 0 Å². The molecule has 1 aliphatic carbocycles. The molecule has 0 saturated heterocycles. The summed E-state index contributed by atoms with van der Waals surface area (Å²) in [6.07, 6.45) is 1.91. The summed E-state index contributed by atoms with van der Waals surface area (Å²) in [5.74, 6) is 0.527. The zero-order valence-electron chi connectivity index (χ0n) is 9.50. The molecule has 0 saturated carbocycles. The molecule has 80 valence electrons. The SMILES string of the molecule is CC1CC(C)(C)c2cccc(NC=O)c21. The molecule has 1 unspecified atom stereocenters. The number of nitrogens with one attached hydrogen (secondary N) is 1. The Morgan fingerprint density at radius 2 is 2.20 bits per heavy atom. The molecule has 0 radical (unpaired) electrons. The molecular formula is C13H17NO. The van der Waals surface area contributed by atoms with Crippen LogP contribution in [0.3, 0.4) is 0 Å². The fourth-order valence-electron chi connectivity index (χ4n) is 2.85. The van der Waals surface area contributed by atoms with E-state index >= 15 is 0 Å². The lowest BCUT2D eigenvalue weighted by atomic mass is 9.86. The lowest BCUT2D eigenvalue weighted by Gasteiger charge is -2.19. The van der Waals surface area contributed by atoms with Crippen molar-refractivity contribution in [3.05, 3.63) is 29.3 Å². The maximum Gasteiger partial charge on any atom is 0.211 e. The van der Waals surface area contributed by atoms with Crippen molar-refractivity contribution in [2.24, 2.45) is 0 Å². The Morgan fingerprint density at radius 1 is 1.47 bits per heavy atom. The zero-order chi connectivity index (χ0) is 11.1. The van der Waals surface area contributed by atoms with Crippen LogP contribution < -0.4 is 5.32 Å². The molecule has 15 heavy (non-hydrogen) atoms. The average molecular weight is 203 g/mol. The highest BCUT2D eigenvalue weighted by Crippen LogP contribution is 2.48. The zero-order valence-corrected chi connectivity index (χ0v) is 9.50. The second kappa shape index (κ2) is 3.37. The molecule has 0 aromatic heterocycles. The lowest BCUT2D eigenvalue weighted by Crippen LogP contribution is -2.12. The van der Waals surface area contributed by atoms with Crippen molar-refractivity contribution >= 4 is 12.1 Å². The van der Waals surface area contributed by atoms with Gasteiger partial charge in [0.15, 0.2) is 0 Å². The van der Waals surface area contributed by atoms with Gasteiger partial charge in [-0.3, -0.25) is 4.79 Å². The van der Waals surface area contributed by atoms with Crippen LogP contribution in [-0.2, 0) is 10.2 Å². The van der Waals surface area contributed by atoms with Gasteiger partial charge in [0, 0.05) is 5.69 Å². The molecule has 1 amide bonds. The summed E-state index contributed by atoms with van der Waals surface area (Å²) < 4.78 is 0. The summed E-state index contributed by atoms with van der Waals surface area (Å²) >= 11 is 0. The van der Waals surface area contributed by atoms with Crippen LogP contribution in [0.2, 0.25) is 0 Å². The van der Waals surface area contributed by atoms with Crippen LogP contribution in [0.5, 0.6) is 0 Å². The largest absolute Gasteiger partial charge is 0.328 e. The first-order valence-electron chi connectivity index (χ1n) is 5.40. The summed E-state index contributed by atoms with van der Waals surface area (Å²) in [5, 5.41) is 2.80. The molecule has 0 bridgehead atoms. The summed E-state index contributed by atoms with van der Waals surface area (Å²) in [5.41, 5.74) is 3.90. The fourth-order valence-corrected chi connectivity index (χ4v) is 2.85. The number of benzene rings is 1. The molecule has 1 N–H and O–H groups in total. The Bertz CT molecular complexity index is 396. The average Bonchev–Trinajstić information content (AvgIpc) is 2.39. The predicted octanol–water partition coefficient (Wildman–Crippen LogP) is 3.04. The molecule has 0 aliphatic heterocycles. The van der Waals surface area contributed by atoms with Gasteiger partial charge < -0.3 is 5.32 Å². The van der Waals surface area contributed by atoms with Crippen molar-refractivity contribution in [3.63, 3.8) is 0 Å². The van der Waals surface area contributed by atoms with Gasteiger partial charge in [0.1, 0.15) is 0 Å². The molecule has 0 fully saturated rings. The van der Waals surface area contributed by atoms with Gasteiger partial charge in [0.25, 0.3) is 0 Å². The molecule has 2 heteroatoms. The van der Waals surface area contributed by atoms with Crippen LogP contribution in [0.25, 0.3) is 0 Å². The van der Waals surface area contributed by atoms with Crippen LogP contribution in [0.4, 0.5) is 5.69 Å². The molecule has 2 nitrogen and oxygen atoms in total. The fraction of sp³-hybridized carbons (Fsp3) is 0.462. The molecule has 0 spiro atoms. The van der Waals surface area contributed by atoms with E-state index in [-0.39, 0.29) is 5.41 Å². The highest BCUT2D eigenvalue weighted by molar-refractivity contribution is 5.75. The first-order valence-corrected chi connectivity index (χ1v) is 5.40. The van der Waals surface area contributed by atoms with Gasteiger partial charge in [-0.1, -0.05) is 32.9 Å². The quantitative estimate of drug-likeness (QED) is 0.735. The number of anilines is 1. The van der Waals surface area contributed by atoms with Gasteiger partial charge in [0.05, 0.1) is 0 Å². The van der Waals surface area contributed by atoms with Crippen molar-refractivity contribution in [2.75, 3.05) is 5.32 Å². The van der Waals surface area contributed by atoms with E-state index in [1.54, 1.807) is 0 Å². The van der Waals surface area contributed by atoms with Crippen LogP contribution in [0, 0.1) is 0 Å². The lowest BCUT2D eigenvalue weighted by molar-refractivity contribution is -0.105. The number of rotatable bonds is 2. The summed E-state index contributed by atoms with van der Waals surface area (Å²) in [6.45, 7) is 6.75. The third-order valence-electron chi connectivity index (χ3n) is 3.36. The highest BCUT2D eigenvalue weighted by Gasteiger charge is 2.35. The van der Waals surface area contributed by atoms with E-state index in [1.807, 2.05) is 12.1 Å². The van der Waals surface area contributed by atoms with E-state index in [9.17, 15) is 4.79 Å². The Kier molecular flexibility index (Phi) is 2.29. The van der Waals surface area contributed by atoms with E-state index in [0.717, 1.165) is 18.5 Å². The number of carbonyl (C=O) groups is 1. The second-order valence-electron chi connectivity index (χ2n) is 5.02. The van der Waals surface area contributed by atoms with Crippen LogP contribution in [-0.4, -0.2) is 6.41 Å². The van der Waals surface area contributed by atoms with E-state index < -0.39 is 0 Å². The number of hydrogen-bond donors (Lipinski definition) is 1. The molecule has 1 atom stereocenters. The Labute approximate surface area is 90.7 Å². The summed E-state index contributed by atoms with van der Waals surface area (Å²) in [7, 11) is 0. The second-order valence-corrected chi connectivity index (χ2v) is 5.02. The van der Waals surface area contributed by atoms with Crippen molar-refractivity contribution < 1.29 is 4.79 Å². The minimum Gasteiger partial charge on any atom is -0.328 e. The maximum absolute atomic E-state index is 10.5. The van der Waals surface area contributed by atoms with Gasteiger partial charge in [-0.15, -0.1) is 0 Å². The topological polar surface area (TPSA) is 29.1 Å². The minimum atomic E-state index is 0.231. The van der Waals surface area contributed by atoms with Crippen molar-refractivity contribution in [1.29, 1.82) is 0 Å². The maximum atomic E-state index is 10.5. The number of amides is 1. The predicted molar refractivity (Wildman–Crippen MR) is 62.2 cm³/mol. The van der Waals surface area contributed by atoms with E-state index in [2.05, 4.69) is 32.2 Å². The van der Waals surface area contributed by atoms with Gasteiger partial charge in [-0.05, 0) is 34.9 Å². The molecule has 1 aromatic rings. The summed E-state index contributed by atoms with van der Waals surface area (Å²) in [6, 6.07) is 6.17. The first kappa shape index (κ1) is 10.2. The molecular weight excluding hydrogens is 186 g/mol. The standard InChI is InChI=1S/C13H17NO/c1-9-7-13(2,3)10-5-4-6-11(12(9)10)14-8-15/h4-6,8-9H,7H2,1-3H3,(H,14,15). The van der Waals surface area contributed by atoms with E-state index in [1.165, 1.54) is 11.1 Å². The Hall–Kier alpha value is -1.31. The molecule has 0 heterocycles.